The standard InChI is InChI=1S/C29H47NO4/c1-18(6-11-26(32)30-16-4-5-25(30)27(33)34)22-9-10-23-21-8-7-19-17-20(31)12-14-28(19,2)24(21)13-15-29(22,23)3/h18-25,31H,4-17H2,1-3H3,(H,33,34)/t18-,19-,20-,21+,22-,23+,24+,25?,28+,29-/m1/s1. The van der Waals surface area contributed by atoms with Gasteiger partial charge in [-0.3, -0.25) is 4.79 Å². The fraction of sp³-hybridized carbons (Fsp3) is 0.931. The Balaban J connectivity index is 1.23. The van der Waals surface area contributed by atoms with Crippen molar-refractivity contribution in [2.75, 3.05) is 6.54 Å². The van der Waals surface area contributed by atoms with Crippen LogP contribution in [0.2, 0.25) is 0 Å². The van der Waals surface area contributed by atoms with E-state index in [0.717, 1.165) is 43.4 Å². The van der Waals surface area contributed by atoms with Gasteiger partial charge in [-0.25, -0.2) is 4.79 Å². The predicted octanol–water partition coefficient (Wildman–Crippen LogP) is 5.50. The zero-order chi connectivity index (χ0) is 24.3. The SMILES string of the molecule is C[C@H](CCC(=O)N1CCCC1C(=O)O)[C@H]1CC[C@H]2[C@@H]3CC[C@@H]4C[C@H](O)CC[C@]4(C)[C@H]3CC[C@]12C. The number of carbonyl (C=O) groups is 2. The summed E-state index contributed by atoms with van der Waals surface area (Å²) in [6.45, 7) is 8.10. The molecule has 4 saturated carbocycles. The van der Waals surface area contributed by atoms with E-state index < -0.39 is 12.0 Å². The average molecular weight is 474 g/mol. The third-order valence-electron chi connectivity index (χ3n) is 12.1. The van der Waals surface area contributed by atoms with Gasteiger partial charge >= 0.3 is 5.97 Å². The van der Waals surface area contributed by atoms with E-state index >= 15 is 0 Å². The molecule has 2 N–H and O–H groups in total. The van der Waals surface area contributed by atoms with Gasteiger partial charge in [-0.05, 0) is 123 Å². The number of aliphatic carboxylic acids is 1. The molecule has 0 radical (unpaired) electrons. The Morgan fingerprint density at radius 3 is 2.47 bits per heavy atom. The van der Waals surface area contributed by atoms with E-state index in [1.165, 1.54) is 44.9 Å². The maximum Gasteiger partial charge on any atom is 0.326 e. The molecule has 1 heterocycles. The van der Waals surface area contributed by atoms with Crippen molar-refractivity contribution in [2.24, 2.45) is 46.3 Å². The highest BCUT2D eigenvalue weighted by atomic mass is 16.4. The first-order valence-electron chi connectivity index (χ1n) is 14.4. The zero-order valence-corrected chi connectivity index (χ0v) is 21.7. The molecule has 5 rings (SSSR count). The first-order chi connectivity index (χ1) is 16.1. The van der Waals surface area contributed by atoms with Gasteiger partial charge in [0.25, 0.3) is 0 Å². The molecule has 4 aliphatic carbocycles. The zero-order valence-electron chi connectivity index (χ0n) is 21.7. The van der Waals surface area contributed by atoms with Crippen molar-refractivity contribution in [3.63, 3.8) is 0 Å². The average Bonchev–Trinajstić information content (AvgIpc) is 3.42. The van der Waals surface area contributed by atoms with Gasteiger partial charge in [0.2, 0.25) is 5.91 Å². The summed E-state index contributed by atoms with van der Waals surface area (Å²) < 4.78 is 0. The fourth-order valence-electron chi connectivity index (χ4n) is 10.2. The van der Waals surface area contributed by atoms with Gasteiger partial charge < -0.3 is 15.1 Å². The van der Waals surface area contributed by atoms with Crippen LogP contribution in [0.3, 0.4) is 0 Å². The highest BCUT2D eigenvalue weighted by molar-refractivity contribution is 5.84. The molecule has 5 fully saturated rings. The Morgan fingerprint density at radius 2 is 1.71 bits per heavy atom. The number of rotatable bonds is 5. The fourth-order valence-corrected chi connectivity index (χ4v) is 10.2. The Hall–Kier alpha value is -1.10. The number of fused-ring (bicyclic) bond motifs is 5. The van der Waals surface area contributed by atoms with Gasteiger partial charge in [0.1, 0.15) is 6.04 Å². The quantitative estimate of drug-likeness (QED) is 0.553. The molecule has 0 aromatic carbocycles. The number of likely N-dealkylation sites (tertiary alicyclic amines) is 1. The van der Waals surface area contributed by atoms with Crippen LogP contribution in [0.4, 0.5) is 0 Å². The van der Waals surface area contributed by atoms with Crippen LogP contribution in [0.1, 0.15) is 104 Å². The highest BCUT2D eigenvalue weighted by Crippen LogP contribution is 2.68. The smallest absolute Gasteiger partial charge is 0.326 e. The summed E-state index contributed by atoms with van der Waals surface area (Å²) >= 11 is 0. The molecule has 10 atom stereocenters. The van der Waals surface area contributed by atoms with Crippen molar-refractivity contribution in [1.82, 2.24) is 4.90 Å². The largest absolute Gasteiger partial charge is 0.480 e. The number of nitrogens with zero attached hydrogens (tertiary/aromatic N) is 1. The Kier molecular flexibility index (Phi) is 6.57. The Morgan fingerprint density at radius 1 is 0.971 bits per heavy atom. The van der Waals surface area contributed by atoms with Crippen LogP contribution in [0.25, 0.3) is 0 Å². The summed E-state index contributed by atoms with van der Waals surface area (Å²) in [6.07, 6.45) is 13.9. The molecule has 192 valence electrons. The number of aliphatic hydroxyl groups is 1. The van der Waals surface area contributed by atoms with Crippen molar-refractivity contribution >= 4 is 11.9 Å². The normalized spacial score (nSPS) is 46.9. The van der Waals surface area contributed by atoms with E-state index in [9.17, 15) is 19.8 Å². The molecular formula is C29H47NO4. The second kappa shape index (κ2) is 9.09. The molecule has 1 aliphatic heterocycles. The topological polar surface area (TPSA) is 77.8 Å². The van der Waals surface area contributed by atoms with Crippen LogP contribution >= 0.6 is 0 Å². The molecule has 1 amide bonds. The lowest BCUT2D eigenvalue weighted by atomic mass is 9.44. The van der Waals surface area contributed by atoms with Crippen molar-refractivity contribution in [1.29, 1.82) is 0 Å². The van der Waals surface area contributed by atoms with E-state index in [0.29, 0.717) is 48.0 Å². The van der Waals surface area contributed by atoms with E-state index in [4.69, 9.17) is 0 Å². The molecule has 0 aromatic heterocycles. The van der Waals surface area contributed by atoms with Gasteiger partial charge in [-0.15, -0.1) is 0 Å². The summed E-state index contributed by atoms with van der Waals surface area (Å²) in [6, 6.07) is -0.608. The van der Waals surface area contributed by atoms with Gasteiger partial charge in [-0.1, -0.05) is 20.8 Å². The number of aliphatic hydroxyl groups excluding tert-OH is 1. The summed E-state index contributed by atoms with van der Waals surface area (Å²) in [5, 5.41) is 19.7. The van der Waals surface area contributed by atoms with Crippen molar-refractivity contribution in [3.8, 4) is 0 Å². The maximum absolute atomic E-state index is 12.9. The predicted molar refractivity (Wildman–Crippen MR) is 132 cm³/mol. The molecular weight excluding hydrogens is 426 g/mol. The number of hydrogen-bond acceptors (Lipinski definition) is 3. The van der Waals surface area contributed by atoms with Crippen molar-refractivity contribution in [3.05, 3.63) is 0 Å². The number of amides is 1. The second-order valence-corrected chi connectivity index (χ2v) is 13.4. The lowest BCUT2D eigenvalue weighted by molar-refractivity contribution is -0.148. The van der Waals surface area contributed by atoms with Crippen LogP contribution in [0, 0.1) is 46.3 Å². The number of carboxylic acids is 1. The van der Waals surface area contributed by atoms with Gasteiger partial charge in [-0.2, -0.15) is 0 Å². The molecule has 34 heavy (non-hydrogen) atoms. The molecule has 0 spiro atoms. The minimum absolute atomic E-state index is 0.0471. The van der Waals surface area contributed by atoms with E-state index in [2.05, 4.69) is 20.8 Å². The van der Waals surface area contributed by atoms with E-state index in [1.54, 1.807) is 4.90 Å². The Labute approximate surface area is 206 Å². The Bertz CT molecular complexity index is 799. The molecule has 5 nitrogen and oxygen atoms in total. The van der Waals surface area contributed by atoms with Crippen LogP contribution in [-0.2, 0) is 9.59 Å². The minimum Gasteiger partial charge on any atom is -0.480 e. The van der Waals surface area contributed by atoms with Gasteiger partial charge in [0.15, 0.2) is 0 Å². The van der Waals surface area contributed by atoms with Crippen molar-refractivity contribution < 1.29 is 19.8 Å². The number of hydrogen-bond donors (Lipinski definition) is 2. The third kappa shape index (κ3) is 3.92. The summed E-state index contributed by atoms with van der Waals surface area (Å²) in [5.41, 5.74) is 0.814. The van der Waals surface area contributed by atoms with Crippen molar-refractivity contribution in [2.45, 2.75) is 116 Å². The molecule has 5 heteroatoms. The summed E-state index contributed by atoms with van der Waals surface area (Å²) in [5.74, 6) is 3.59. The monoisotopic (exact) mass is 473 g/mol. The first kappa shape index (κ1) is 24.6. The van der Waals surface area contributed by atoms with E-state index in [1.807, 2.05) is 0 Å². The van der Waals surface area contributed by atoms with Gasteiger partial charge in [0, 0.05) is 13.0 Å². The summed E-state index contributed by atoms with van der Waals surface area (Å²) in [4.78, 5) is 26.0. The first-order valence-corrected chi connectivity index (χ1v) is 14.4. The lowest BCUT2D eigenvalue weighted by Gasteiger charge is -2.61. The molecule has 0 bridgehead atoms. The van der Waals surface area contributed by atoms with E-state index in [-0.39, 0.29) is 12.0 Å². The molecule has 1 saturated heterocycles. The summed E-state index contributed by atoms with van der Waals surface area (Å²) in [7, 11) is 0. The van der Waals surface area contributed by atoms with Crippen LogP contribution in [0.15, 0.2) is 0 Å². The van der Waals surface area contributed by atoms with Crippen LogP contribution in [-0.4, -0.2) is 45.7 Å². The van der Waals surface area contributed by atoms with Crippen LogP contribution < -0.4 is 0 Å². The maximum atomic E-state index is 12.9. The van der Waals surface area contributed by atoms with Crippen LogP contribution in [0.5, 0.6) is 0 Å². The minimum atomic E-state index is -0.849. The third-order valence-corrected chi connectivity index (χ3v) is 12.1. The molecule has 1 unspecified atom stereocenters. The second-order valence-electron chi connectivity index (χ2n) is 13.4. The highest BCUT2D eigenvalue weighted by Gasteiger charge is 2.60. The number of carbonyl (C=O) groups excluding carboxylic acids is 1. The molecule has 0 aromatic rings. The number of carboxylic acid groups (broad SMARTS) is 1. The van der Waals surface area contributed by atoms with Gasteiger partial charge in [0.05, 0.1) is 6.10 Å². The molecule has 5 aliphatic rings. The lowest BCUT2D eigenvalue weighted by Crippen LogP contribution is -2.54.